The third-order valence-corrected chi connectivity index (χ3v) is 4.37. The second kappa shape index (κ2) is 11.2. The monoisotopic (exact) mass is 365 g/mol. The number of esters is 2. The Hall–Kier alpha value is -0.630. The summed E-state index contributed by atoms with van der Waals surface area (Å²) in [5.41, 5.74) is 5.97. The molecule has 0 aromatic carbocycles. The van der Waals surface area contributed by atoms with Crippen molar-refractivity contribution in [1.29, 1.82) is 0 Å². The molecule has 0 aliphatic heterocycles. The van der Waals surface area contributed by atoms with Crippen LogP contribution in [0.1, 0.15) is 53.4 Å². The number of carbonyl (C=O) groups excluding carboxylic acids is 3. The van der Waals surface area contributed by atoms with E-state index in [1.807, 2.05) is 0 Å². The van der Waals surface area contributed by atoms with Crippen molar-refractivity contribution in [3.63, 3.8) is 0 Å². The maximum absolute atomic E-state index is 12.3. The summed E-state index contributed by atoms with van der Waals surface area (Å²) in [6.07, 6.45) is 0.992. The van der Waals surface area contributed by atoms with Crippen molar-refractivity contribution in [2.75, 3.05) is 0 Å². The molecule has 25 heavy (non-hydrogen) atoms. The topological polar surface area (TPSA) is 119 Å². The molecule has 1 aliphatic rings. The van der Waals surface area contributed by atoms with E-state index in [0.717, 1.165) is 0 Å². The van der Waals surface area contributed by atoms with E-state index in [4.69, 9.17) is 15.2 Å². The Balaban J connectivity index is 0.00000576. The van der Waals surface area contributed by atoms with Gasteiger partial charge in [0.1, 0.15) is 6.04 Å². The molecule has 0 amide bonds. The average molecular weight is 365 g/mol. The molecular formula is C17H28NNaO6. The Morgan fingerprint density at radius 1 is 0.960 bits per heavy atom. The van der Waals surface area contributed by atoms with Crippen LogP contribution < -0.4 is 40.4 Å². The second-order valence-corrected chi connectivity index (χ2v) is 7.10. The number of carboxylic acid groups (broad SMARTS) is 1. The second-order valence-electron chi connectivity index (χ2n) is 7.10. The van der Waals surface area contributed by atoms with Crippen molar-refractivity contribution < 1.29 is 58.5 Å². The van der Waals surface area contributed by atoms with Crippen molar-refractivity contribution in [2.24, 2.45) is 29.4 Å². The van der Waals surface area contributed by atoms with E-state index in [0.29, 0.717) is 25.7 Å². The Labute approximate surface area is 171 Å². The molecule has 0 spiro atoms. The Kier molecular flexibility index (Phi) is 10.9. The quantitative estimate of drug-likeness (QED) is 0.303. The van der Waals surface area contributed by atoms with E-state index in [1.54, 1.807) is 27.7 Å². The molecule has 1 saturated carbocycles. The maximum atomic E-state index is 12.3. The molecule has 0 saturated heterocycles. The van der Waals surface area contributed by atoms with Crippen LogP contribution in [0.15, 0.2) is 0 Å². The molecule has 2 N–H and O–H groups in total. The van der Waals surface area contributed by atoms with Gasteiger partial charge in [-0.1, -0.05) is 27.7 Å². The Bertz CT molecular complexity index is 460. The molecule has 7 nitrogen and oxygen atoms in total. The van der Waals surface area contributed by atoms with Crippen LogP contribution in [0.5, 0.6) is 0 Å². The first-order chi connectivity index (χ1) is 11.1. The van der Waals surface area contributed by atoms with E-state index in [9.17, 15) is 19.5 Å². The van der Waals surface area contributed by atoms with Crippen LogP contribution in [-0.4, -0.2) is 30.2 Å². The van der Waals surface area contributed by atoms with E-state index in [-0.39, 0.29) is 47.3 Å². The maximum Gasteiger partial charge on any atom is 1.00 e. The first kappa shape index (κ1) is 24.4. The van der Waals surface area contributed by atoms with Crippen LogP contribution in [0, 0.1) is 23.7 Å². The summed E-state index contributed by atoms with van der Waals surface area (Å²) in [4.78, 5) is 34.8. The van der Waals surface area contributed by atoms with Gasteiger partial charge in [-0.25, -0.2) is 0 Å². The minimum absolute atomic E-state index is 0. The largest absolute Gasteiger partial charge is 1.00 e. The summed E-state index contributed by atoms with van der Waals surface area (Å²) in [7, 11) is 0. The number of carbonyl (C=O) groups is 3. The summed E-state index contributed by atoms with van der Waals surface area (Å²) in [6, 6.07) is -0.855. The number of nitrogens with two attached hydrogens (primary N) is 1. The zero-order valence-corrected chi connectivity index (χ0v) is 17.8. The molecule has 1 rings (SSSR count). The zero-order chi connectivity index (χ0) is 18.4. The van der Waals surface area contributed by atoms with Gasteiger partial charge in [0, 0.05) is 11.9 Å². The molecule has 0 aromatic rings. The van der Waals surface area contributed by atoms with Crippen molar-refractivity contribution in [3.8, 4) is 0 Å². The molecule has 2 atom stereocenters. The van der Waals surface area contributed by atoms with Gasteiger partial charge in [-0.3, -0.25) is 9.59 Å². The fourth-order valence-corrected chi connectivity index (χ4v) is 2.65. The average Bonchev–Trinajstić information content (AvgIpc) is 2.53. The van der Waals surface area contributed by atoms with Crippen molar-refractivity contribution in [1.82, 2.24) is 0 Å². The molecule has 1 fully saturated rings. The van der Waals surface area contributed by atoms with Gasteiger partial charge in [-0.05, 0) is 37.5 Å². The summed E-state index contributed by atoms with van der Waals surface area (Å²) in [5.74, 6) is -3.24. The Morgan fingerprint density at radius 2 is 1.44 bits per heavy atom. The molecule has 0 radical (unpaired) electrons. The molecule has 0 heterocycles. The molecule has 0 bridgehead atoms. The molecule has 0 aromatic heterocycles. The Morgan fingerprint density at radius 3 is 1.84 bits per heavy atom. The predicted octanol–water partition coefficient (Wildman–Crippen LogP) is -2.40. The van der Waals surface area contributed by atoms with Gasteiger partial charge in [0.15, 0.2) is 0 Å². The minimum atomic E-state index is -1.05. The number of ether oxygens (including phenoxy) is 2. The van der Waals surface area contributed by atoms with Gasteiger partial charge >= 0.3 is 41.5 Å². The number of hydrogen-bond donors (Lipinski definition) is 1. The van der Waals surface area contributed by atoms with Gasteiger partial charge in [0.2, 0.25) is 6.29 Å². The third-order valence-electron chi connectivity index (χ3n) is 4.37. The van der Waals surface area contributed by atoms with Crippen molar-refractivity contribution in [2.45, 2.75) is 65.7 Å². The van der Waals surface area contributed by atoms with Crippen LogP contribution in [0.3, 0.4) is 0 Å². The third kappa shape index (κ3) is 7.64. The van der Waals surface area contributed by atoms with Gasteiger partial charge in [-0.15, -0.1) is 0 Å². The van der Waals surface area contributed by atoms with E-state index in [1.165, 1.54) is 0 Å². The fourth-order valence-electron chi connectivity index (χ4n) is 2.65. The summed E-state index contributed by atoms with van der Waals surface area (Å²) in [5, 5.41) is 10.9. The SMILES string of the molecule is CC(C)C(=O)OC(OC(=O)C(N)[C@H]1CC[C@H](C(=O)[O-])CC1)C(C)C.[Na+]. The van der Waals surface area contributed by atoms with Crippen molar-refractivity contribution >= 4 is 17.9 Å². The van der Waals surface area contributed by atoms with Gasteiger partial charge in [-0.2, -0.15) is 0 Å². The number of carboxylic acids is 1. The first-order valence-electron chi connectivity index (χ1n) is 8.50. The van der Waals surface area contributed by atoms with E-state index < -0.39 is 36.2 Å². The summed E-state index contributed by atoms with van der Waals surface area (Å²) in [6.45, 7) is 6.95. The van der Waals surface area contributed by atoms with Crippen LogP contribution >= 0.6 is 0 Å². The van der Waals surface area contributed by atoms with Gasteiger partial charge in [0.05, 0.1) is 5.92 Å². The molecule has 1 aliphatic carbocycles. The number of aliphatic carboxylic acids is 1. The van der Waals surface area contributed by atoms with Crippen molar-refractivity contribution in [3.05, 3.63) is 0 Å². The van der Waals surface area contributed by atoms with Gasteiger partial charge in [0.25, 0.3) is 0 Å². The standard InChI is InChI=1S/C17H29NO6.Na/c1-9(2)15(21)23-17(10(3)4)24-16(22)13(18)11-5-7-12(8-6-11)14(19)20;/h9-13,17H,5-8,18H2,1-4H3,(H,19,20);/q;+1/p-1/t11-,12-,13?,17?;. The number of hydrogen-bond acceptors (Lipinski definition) is 7. The van der Waals surface area contributed by atoms with Crippen LogP contribution in [0.2, 0.25) is 0 Å². The van der Waals surface area contributed by atoms with E-state index >= 15 is 0 Å². The fraction of sp³-hybridized carbons (Fsp3) is 0.824. The molecule has 8 heteroatoms. The van der Waals surface area contributed by atoms with Crippen LogP contribution in [-0.2, 0) is 23.9 Å². The normalized spacial score (nSPS) is 22.7. The van der Waals surface area contributed by atoms with Gasteiger partial charge < -0.3 is 25.1 Å². The van der Waals surface area contributed by atoms with E-state index in [2.05, 4.69) is 0 Å². The molecular weight excluding hydrogens is 337 g/mol. The number of rotatable bonds is 7. The molecule has 138 valence electrons. The summed E-state index contributed by atoms with van der Waals surface area (Å²) >= 11 is 0. The molecule has 2 unspecified atom stereocenters. The van der Waals surface area contributed by atoms with Crippen LogP contribution in [0.25, 0.3) is 0 Å². The smallest absolute Gasteiger partial charge is 0.550 e. The van der Waals surface area contributed by atoms with Crippen LogP contribution in [0.4, 0.5) is 0 Å². The first-order valence-corrected chi connectivity index (χ1v) is 8.50. The minimum Gasteiger partial charge on any atom is -0.550 e. The summed E-state index contributed by atoms with van der Waals surface area (Å²) < 4.78 is 10.5. The predicted molar refractivity (Wildman–Crippen MR) is 84.1 cm³/mol. The zero-order valence-electron chi connectivity index (χ0n) is 15.8.